The van der Waals surface area contributed by atoms with Gasteiger partial charge in [-0.2, -0.15) is 0 Å². The van der Waals surface area contributed by atoms with E-state index in [0.717, 1.165) is 31.4 Å². The molecule has 4 heteroatoms. The van der Waals surface area contributed by atoms with E-state index in [4.69, 9.17) is 17.3 Å². The molecule has 1 saturated carbocycles. The highest BCUT2D eigenvalue weighted by Gasteiger charge is 2.28. The number of anilines is 1. The number of hydrogen-bond acceptors (Lipinski definition) is 2. The predicted octanol–water partition coefficient (Wildman–Crippen LogP) is 2.53. The summed E-state index contributed by atoms with van der Waals surface area (Å²) in [6, 6.07) is 10.3. The lowest BCUT2D eigenvalue weighted by atomic mass is 9.90. The molecule has 18 heavy (non-hydrogen) atoms. The van der Waals surface area contributed by atoms with Gasteiger partial charge in [0.15, 0.2) is 0 Å². The third-order valence-corrected chi connectivity index (χ3v) is 3.75. The highest BCUT2D eigenvalue weighted by atomic mass is 35.5. The van der Waals surface area contributed by atoms with Gasteiger partial charge in [0, 0.05) is 17.8 Å². The van der Waals surface area contributed by atoms with Gasteiger partial charge < -0.3 is 10.6 Å². The van der Waals surface area contributed by atoms with Crippen LogP contribution in [0.4, 0.5) is 5.69 Å². The number of nitrogens with two attached hydrogens (primary N) is 1. The third-order valence-electron chi connectivity index (χ3n) is 3.52. The molecular weight excluding hydrogens is 248 g/mol. The number of benzene rings is 1. The number of amides is 1. The largest absolute Gasteiger partial charge is 0.328 e. The van der Waals surface area contributed by atoms with Gasteiger partial charge in [0.2, 0.25) is 5.91 Å². The van der Waals surface area contributed by atoms with Crippen LogP contribution >= 0.6 is 11.6 Å². The van der Waals surface area contributed by atoms with Crippen molar-refractivity contribution in [2.75, 3.05) is 10.8 Å². The summed E-state index contributed by atoms with van der Waals surface area (Å²) in [4.78, 5) is 13.9. The average Bonchev–Trinajstić information content (AvgIpc) is 2.42. The van der Waals surface area contributed by atoms with Crippen molar-refractivity contribution in [2.24, 2.45) is 5.73 Å². The van der Waals surface area contributed by atoms with Crippen LogP contribution in [0.1, 0.15) is 25.7 Å². The van der Waals surface area contributed by atoms with Gasteiger partial charge in [-0.3, -0.25) is 4.79 Å². The fourth-order valence-electron chi connectivity index (χ4n) is 2.57. The number of nitrogens with zero attached hydrogens (tertiary/aromatic N) is 1. The van der Waals surface area contributed by atoms with E-state index in [2.05, 4.69) is 0 Å². The maximum absolute atomic E-state index is 12.1. The minimum atomic E-state index is -0.0247. The molecule has 0 radical (unpaired) electrons. The Kier molecular flexibility index (Phi) is 4.61. The lowest BCUT2D eigenvalue weighted by Crippen LogP contribution is -2.45. The maximum atomic E-state index is 12.1. The molecule has 2 rings (SSSR count). The van der Waals surface area contributed by atoms with E-state index >= 15 is 0 Å². The van der Waals surface area contributed by atoms with Gasteiger partial charge in [0.1, 0.15) is 5.88 Å². The Morgan fingerprint density at radius 1 is 1.22 bits per heavy atom. The van der Waals surface area contributed by atoms with Gasteiger partial charge in [-0.1, -0.05) is 18.2 Å². The van der Waals surface area contributed by atoms with E-state index in [1.165, 1.54) is 0 Å². The summed E-state index contributed by atoms with van der Waals surface area (Å²) in [7, 11) is 0. The second-order valence-electron chi connectivity index (χ2n) is 4.80. The average molecular weight is 267 g/mol. The first-order valence-corrected chi connectivity index (χ1v) is 6.94. The minimum absolute atomic E-state index is 0.0247. The van der Waals surface area contributed by atoms with Crippen molar-refractivity contribution in [3.8, 4) is 0 Å². The quantitative estimate of drug-likeness (QED) is 0.855. The number of carbonyl (C=O) groups is 1. The zero-order valence-electron chi connectivity index (χ0n) is 10.4. The molecule has 0 aliphatic heterocycles. The zero-order chi connectivity index (χ0) is 13.0. The Hall–Kier alpha value is -1.06. The van der Waals surface area contributed by atoms with Crippen LogP contribution in [-0.4, -0.2) is 23.9 Å². The first-order chi connectivity index (χ1) is 8.72. The Morgan fingerprint density at radius 3 is 2.39 bits per heavy atom. The smallest absolute Gasteiger partial charge is 0.242 e. The van der Waals surface area contributed by atoms with Crippen LogP contribution in [0, 0.1) is 0 Å². The van der Waals surface area contributed by atoms with Gasteiger partial charge >= 0.3 is 0 Å². The van der Waals surface area contributed by atoms with Crippen LogP contribution in [0.2, 0.25) is 0 Å². The highest BCUT2D eigenvalue weighted by molar-refractivity contribution is 6.29. The molecule has 1 aromatic rings. The molecule has 0 unspecified atom stereocenters. The fourth-order valence-corrected chi connectivity index (χ4v) is 2.70. The van der Waals surface area contributed by atoms with Gasteiger partial charge in [0.05, 0.1) is 0 Å². The van der Waals surface area contributed by atoms with Crippen LogP contribution in [0.3, 0.4) is 0 Å². The van der Waals surface area contributed by atoms with Crippen LogP contribution in [0.25, 0.3) is 0 Å². The molecule has 0 spiro atoms. The summed E-state index contributed by atoms with van der Waals surface area (Å²) in [5.41, 5.74) is 6.85. The molecular formula is C14H19ClN2O. The van der Waals surface area contributed by atoms with E-state index < -0.39 is 0 Å². The number of alkyl halides is 1. The molecule has 98 valence electrons. The molecule has 1 aliphatic carbocycles. The van der Waals surface area contributed by atoms with Crippen LogP contribution < -0.4 is 10.6 Å². The Balaban J connectivity index is 2.18. The summed E-state index contributed by atoms with van der Waals surface area (Å²) in [5, 5.41) is 0. The molecule has 0 heterocycles. The minimum Gasteiger partial charge on any atom is -0.328 e. The molecule has 1 aromatic carbocycles. The predicted molar refractivity (Wildman–Crippen MR) is 74.9 cm³/mol. The Labute approximate surface area is 113 Å². The monoisotopic (exact) mass is 266 g/mol. The number of carbonyl (C=O) groups excluding carboxylic acids is 1. The highest BCUT2D eigenvalue weighted by Crippen LogP contribution is 2.27. The summed E-state index contributed by atoms with van der Waals surface area (Å²) in [5.74, 6) is 0.000559. The number of rotatable bonds is 3. The van der Waals surface area contributed by atoms with Crippen molar-refractivity contribution in [3.63, 3.8) is 0 Å². The molecule has 0 bridgehead atoms. The number of halogens is 1. The molecule has 1 fully saturated rings. The van der Waals surface area contributed by atoms with E-state index in [1.54, 1.807) is 0 Å². The zero-order valence-corrected chi connectivity index (χ0v) is 11.1. The third kappa shape index (κ3) is 3.03. The SMILES string of the molecule is NC1CCC(N(C(=O)CCl)c2ccccc2)CC1. The van der Waals surface area contributed by atoms with Gasteiger partial charge in [-0.15, -0.1) is 11.6 Å². The van der Waals surface area contributed by atoms with Crippen molar-refractivity contribution >= 4 is 23.2 Å². The Morgan fingerprint density at radius 2 is 1.83 bits per heavy atom. The molecule has 0 aromatic heterocycles. The summed E-state index contributed by atoms with van der Waals surface area (Å²) in [6.07, 6.45) is 3.87. The number of para-hydroxylation sites is 1. The van der Waals surface area contributed by atoms with Crippen LogP contribution in [-0.2, 0) is 4.79 Å². The lowest BCUT2D eigenvalue weighted by Gasteiger charge is -2.35. The van der Waals surface area contributed by atoms with Crippen molar-refractivity contribution in [1.82, 2.24) is 0 Å². The first-order valence-electron chi connectivity index (χ1n) is 6.41. The molecule has 1 aliphatic rings. The summed E-state index contributed by atoms with van der Waals surface area (Å²) < 4.78 is 0. The van der Waals surface area contributed by atoms with Crippen LogP contribution in [0.5, 0.6) is 0 Å². The van der Waals surface area contributed by atoms with Crippen molar-refractivity contribution in [1.29, 1.82) is 0 Å². The molecule has 0 atom stereocenters. The number of hydrogen-bond donors (Lipinski definition) is 1. The Bertz CT molecular complexity index is 388. The fraction of sp³-hybridized carbons (Fsp3) is 0.500. The second-order valence-corrected chi connectivity index (χ2v) is 5.07. The molecule has 0 saturated heterocycles. The molecule has 2 N–H and O–H groups in total. The van der Waals surface area contributed by atoms with Gasteiger partial charge in [-0.25, -0.2) is 0 Å². The molecule has 1 amide bonds. The van der Waals surface area contributed by atoms with Crippen LogP contribution in [0.15, 0.2) is 30.3 Å². The van der Waals surface area contributed by atoms with Gasteiger partial charge in [0.25, 0.3) is 0 Å². The second kappa shape index (κ2) is 6.21. The van der Waals surface area contributed by atoms with Gasteiger partial charge in [-0.05, 0) is 37.8 Å². The normalized spacial score (nSPS) is 23.7. The summed E-state index contributed by atoms with van der Waals surface area (Å²) in [6.45, 7) is 0. The standard InChI is InChI=1S/C14H19ClN2O/c15-10-14(18)17(12-4-2-1-3-5-12)13-8-6-11(16)7-9-13/h1-5,11,13H,6-10,16H2. The first kappa shape index (κ1) is 13.4. The lowest BCUT2D eigenvalue weighted by molar-refractivity contribution is -0.116. The molecule has 3 nitrogen and oxygen atoms in total. The topological polar surface area (TPSA) is 46.3 Å². The summed E-state index contributed by atoms with van der Waals surface area (Å²) >= 11 is 5.73. The van der Waals surface area contributed by atoms with E-state index in [9.17, 15) is 4.79 Å². The van der Waals surface area contributed by atoms with Crippen molar-refractivity contribution < 1.29 is 4.79 Å². The van der Waals surface area contributed by atoms with E-state index in [-0.39, 0.29) is 23.9 Å². The van der Waals surface area contributed by atoms with E-state index in [0.29, 0.717) is 0 Å². The van der Waals surface area contributed by atoms with Crippen molar-refractivity contribution in [2.45, 2.75) is 37.8 Å². The van der Waals surface area contributed by atoms with E-state index in [1.807, 2.05) is 35.2 Å². The van der Waals surface area contributed by atoms with Crippen molar-refractivity contribution in [3.05, 3.63) is 30.3 Å². The maximum Gasteiger partial charge on any atom is 0.242 e.